The summed E-state index contributed by atoms with van der Waals surface area (Å²) in [7, 11) is 1.63. The Morgan fingerprint density at radius 2 is 1.69 bits per heavy atom. The van der Waals surface area contributed by atoms with Crippen LogP contribution in [0.25, 0.3) is 0 Å². The molecule has 0 aromatic heterocycles. The van der Waals surface area contributed by atoms with E-state index in [9.17, 15) is 14.0 Å². The molecule has 6 nitrogen and oxygen atoms in total. The Labute approximate surface area is 170 Å². The fourth-order valence-electron chi connectivity index (χ4n) is 3.38. The number of hydrogen-bond acceptors (Lipinski definition) is 4. The van der Waals surface area contributed by atoms with Crippen molar-refractivity contribution in [2.24, 2.45) is 0 Å². The standard InChI is InChI=1S/C22H26FN3O3/c1-17(27)26(15-18-5-3-4-6-21(18)23)16-22(28)25-13-11-24(12-14-25)19-7-9-20(29-2)10-8-19/h3-10H,11-16H2,1-2H3. The summed E-state index contributed by atoms with van der Waals surface area (Å²) in [6.07, 6.45) is 0. The molecule has 1 saturated heterocycles. The minimum Gasteiger partial charge on any atom is -0.497 e. The topological polar surface area (TPSA) is 53.1 Å². The van der Waals surface area contributed by atoms with Gasteiger partial charge in [0, 0.05) is 50.9 Å². The Bertz CT molecular complexity index is 849. The molecule has 0 atom stereocenters. The van der Waals surface area contributed by atoms with E-state index in [-0.39, 0.29) is 30.7 Å². The molecule has 0 unspecified atom stereocenters. The van der Waals surface area contributed by atoms with Crippen LogP contribution >= 0.6 is 0 Å². The number of benzene rings is 2. The van der Waals surface area contributed by atoms with Crippen LogP contribution in [0.3, 0.4) is 0 Å². The first-order chi connectivity index (χ1) is 14.0. The summed E-state index contributed by atoms with van der Waals surface area (Å²) >= 11 is 0. The van der Waals surface area contributed by atoms with Crippen LogP contribution in [0.15, 0.2) is 48.5 Å². The first kappa shape index (κ1) is 20.6. The van der Waals surface area contributed by atoms with Gasteiger partial charge < -0.3 is 19.4 Å². The highest BCUT2D eigenvalue weighted by Crippen LogP contribution is 2.20. The van der Waals surface area contributed by atoms with Gasteiger partial charge in [0.1, 0.15) is 18.1 Å². The Morgan fingerprint density at radius 3 is 2.28 bits per heavy atom. The Morgan fingerprint density at radius 1 is 1.03 bits per heavy atom. The van der Waals surface area contributed by atoms with E-state index in [1.165, 1.54) is 17.9 Å². The average molecular weight is 399 g/mol. The molecular formula is C22H26FN3O3. The van der Waals surface area contributed by atoms with E-state index >= 15 is 0 Å². The van der Waals surface area contributed by atoms with Gasteiger partial charge in [0.25, 0.3) is 0 Å². The number of methoxy groups -OCH3 is 1. The maximum atomic E-state index is 13.9. The predicted molar refractivity (Wildman–Crippen MR) is 109 cm³/mol. The SMILES string of the molecule is COc1ccc(N2CCN(C(=O)CN(Cc3ccccc3F)C(C)=O)CC2)cc1. The smallest absolute Gasteiger partial charge is 0.242 e. The van der Waals surface area contributed by atoms with Gasteiger partial charge in [-0.1, -0.05) is 18.2 Å². The van der Waals surface area contributed by atoms with Crippen LogP contribution in [0.2, 0.25) is 0 Å². The summed E-state index contributed by atoms with van der Waals surface area (Å²) in [5, 5.41) is 0. The van der Waals surface area contributed by atoms with Crippen LogP contribution < -0.4 is 9.64 Å². The van der Waals surface area contributed by atoms with Gasteiger partial charge in [0.05, 0.1) is 7.11 Å². The predicted octanol–water partition coefficient (Wildman–Crippen LogP) is 2.53. The molecule has 0 N–H and O–H groups in total. The Balaban J connectivity index is 1.56. The lowest BCUT2D eigenvalue weighted by Crippen LogP contribution is -2.51. The third-order valence-electron chi connectivity index (χ3n) is 5.16. The van der Waals surface area contributed by atoms with Crippen LogP contribution in [0.1, 0.15) is 12.5 Å². The molecule has 0 bridgehead atoms. The van der Waals surface area contributed by atoms with Crippen LogP contribution in [-0.4, -0.2) is 61.4 Å². The second kappa shape index (κ2) is 9.41. The maximum absolute atomic E-state index is 13.9. The maximum Gasteiger partial charge on any atom is 0.242 e. The zero-order chi connectivity index (χ0) is 20.8. The monoisotopic (exact) mass is 399 g/mol. The van der Waals surface area contributed by atoms with E-state index in [1.807, 2.05) is 24.3 Å². The molecule has 2 amide bonds. The van der Waals surface area contributed by atoms with Crippen LogP contribution in [-0.2, 0) is 16.1 Å². The van der Waals surface area contributed by atoms with E-state index < -0.39 is 0 Å². The van der Waals surface area contributed by atoms with Gasteiger partial charge >= 0.3 is 0 Å². The molecular weight excluding hydrogens is 373 g/mol. The van der Waals surface area contributed by atoms with Crippen molar-refractivity contribution in [2.45, 2.75) is 13.5 Å². The van der Waals surface area contributed by atoms with Crippen molar-refractivity contribution in [2.75, 3.05) is 44.7 Å². The summed E-state index contributed by atoms with van der Waals surface area (Å²) in [4.78, 5) is 30.1. The number of amides is 2. The molecule has 1 aliphatic rings. The molecule has 7 heteroatoms. The van der Waals surface area contributed by atoms with E-state index in [0.29, 0.717) is 31.7 Å². The van der Waals surface area contributed by atoms with Gasteiger partial charge in [0.2, 0.25) is 11.8 Å². The minimum absolute atomic E-state index is 0.0494. The summed E-state index contributed by atoms with van der Waals surface area (Å²) < 4.78 is 19.1. The van der Waals surface area contributed by atoms with Crippen LogP contribution in [0.5, 0.6) is 5.75 Å². The summed E-state index contributed by atoms with van der Waals surface area (Å²) in [5.74, 6) is 0.0606. The van der Waals surface area contributed by atoms with Gasteiger partial charge in [-0.2, -0.15) is 0 Å². The first-order valence-corrected chi connectivity index (χ1v) is 9.63. The first-order valence-electron chi connectivity index (χ1n) is 9.63. The van der Waals surface area contributed by atoms with E-state index in [2.05, 4.69) is 4.90 Å². The van der Waals surface area contributed by atoms with Crippen molar-refractivity contribution < 1.29 is 18.7 Å². The molecule has 1 fully saturated rings. The quantitative estimate of drug-likeness (QED) is 0.749. The second-order valence-corrected chi connectivity index (χ2v) is 7.03. The number of rotatable bonds is 6. The average Bonchev–Trinajstić information content (AvgIpc) is 2.74. The molecule has 3 rings (SSSR count). The molecule has 154 valence electrons. The van der Waals surface area contributed by atoms with Crippen molar-refractivity contribution in [3.8, 4) is 5.75 Å². The van der Waals surface area contributed by atoms with Crippen molar-refractivity contribution in [1.82, 2.24) is 9.80 Å². The fraction of sp³-hybridized carbons (Fsp3) is 0.364. The number of ether oxygens (including phenoxy) is 1. The highest BCUT2D eigenvalue weighted by Gasteiger charge is 2.24. The second-order valence-electron chi connectivity index (χ2n) is 7.03. The third-order valence-corrected chi connectivity index (χ3v) is 5.16. The third kappa shape index (κ3) is 5.25. The number of carbonyl (C=O) groups is 2. The minimum atomic E-state index is -0.376. The number of piperazine rings is 1. The highest BCUT2D eigenvalue weighted by atomic mass is 19.1. The van der Waals surface area contributed by atoms with E-state index in [4.69, 9.17) is 4.74 Å². The van der Waals surface area contributed by atoms with Crippen LogP contribution in [0.4, 0.5) is 10.1 Å². The molecule has 0 aliphatic carbocycles. The molecule has 1 aliphatic heterocycles. The molecule has 2 aromatic rings. The zero-order valence-electron chi connectivity index (χ0n) is 16.8. The molecule has 1 heterocycles. The largest absolute Gasteiger partial charge is 0.497 e. The van der Waals surface area contributed by atoms with E-state index in [1.54, 1.807) is 30.2 Å². The number of hydrogen-bond donors (Lipinski definition) is 0. The molecule has 0 spiro atoms. The van der Waals surface area contributed by atoms with Crippen molar-refractivity contribution in [3.63, 3.8) is 0 Å². The van der Waals surface area contributed by atoms with Gasteiger partial charge in [-0.25, -0.2) is 4.39 Å². The summed E-state index contributed by atoms with van der Waals surface area (Å²) in [6, 6.07) is 14.1. The molecule has 2 aromatic carbocycles. The molecule has 0 saturated carbocycles. The van der Waals surface area contributed by atoms with Crippen LogP contribution in [0, 0.1) is 5.82 Å². The van der Waals surface area contributed by atoms with Gasteiger partial charge in [-0.05, 0) is 30.3 Å². The normalized spacial score (nSPS) is 13.9. The summed E-state index contributed by atoms with van der Waals surface area (Å²) in [6.45, 7) is 4.02. The van der Waals surface area contributed by atoms with Gasteiger partial charge in [0.15, 0.2) is 0 Å². The van der Waals surface area contributed by atoms with Gasteiger partial charge in [-0.3, -0.25) is 9.59 Å². The lowest BCUT2D eigenvalue weighted by atomic mass is 10.2. The Kier molecular flexibility index (Phi) is 6.69. The molecule has 29 heavy (non-hydrogen) atoms. The lowest BCUT2D eigenvalue weighted by molar-refractivity contribution is -0.140. The van der Waals surface area contributed by atoms with E-state index in [0.717, 1.165) is 11.4 Å². The van der Waals surface area contributed by atoms with Gasteiger partial charge in [-0.15, -0.1) is 0 Å². The number of nitrogens with zero attached hydrogens (tertiary/aromatic N) is 3. The lowest BCUT2D eigenvalue weighted by Gasteiger charge is -2.37. The van der Waals surface area contributed by atoms with Crippen molar-refractivity contribution >= 4 is 17.5 Å². The van der Waals surface area contributed by atoms with Crippen molar-refractivity contribution in [3.05, 3.63) is 59.9 Å². The fourth-order valence-corrected chi connectivity index (χ4v) is 3.38. The summed E-state index contributed by atoms with van der Waals surface area (Å²) in [5.41, 5.74) is 1.49. The highest BCUT2D eigenvalue weighted by molar-refractivity contribution is 5.84. The number of halogens is 1. The Hall–Kier alpha value is -3.09. The number of carbonyl (C=O) groups excluding carboxylic acids is 2. The number of anilines is 1. The zero-order valence-corrected chi connectivity index (χ0v) is 16.8. The molecule has 0 radical (unpaired) electrons. The van der Waals surface area contributed by atoms with Crippen molar-refractivity contribution in [1.29, 1.82) is 0 Å².